The highest BCUT2D eigenvalue weighted by Gasteiger charge is 2.24. The Hall–Kier alpha value is -5.48. The van der Waals surface area contributed by atoms with Gasteiger partial charge in [-0.15, -0.1) is 0 Å². The third-order valence-electron chi connectivity index (χ3n) is 8.13. The van der Waals surface area contributed by atoms with E-state index in [9.17, 15) is 0 Å². The molecule has 186 valence electrons. The van der Waals surface area contributed by atoms with E-state index >= 15 is 0 Å². The topological polar surface area (TPSA) is 35.6 Å². The Kier molecular flexibility index (Phi) is 4.30. The maximum Gasteiger partial charge on any atom is 0.235 e. The molecule has 3 heterocycles. The van der Waals surface area contributed by atoms with E-state index in [-0.39, 0.29) is 0 Å². The second-order valence-electron chi connectivity index (χ2n) is 10.3. The highest BCUT2D eigenvalue weighted by molar-refractivity contribution is 6.36. The van der Waals surface area contributed by atoms with Crippen molar-refractivity contribution in [1.29, 1.82) is 0 Å². The number of hydrogen-bond acceptors (Lipinski definition) is 2. The smallest absolute Gasteiger partial charge is 0.235 e. The standard InChI is InChI=1S/C36H22N4/c1-2-13-24(14-3-1)39-30-20-10-7-17-27(30)32-25-15-5-6-16-26(25)34-33(35(32)39)28-18-8-11-21-31(28)40(34)36-37-22-23-12-4-9-19-29(23)38-36/h1-22H. The molecule has 0 radical (unpaired) electrons. The van der Waals surface area contributed by atoms with Gasteiger partial charge in [-0.2, -0.15) is 0 Å². The van der Waals surface area contributed by atoms with Gasteiger partial charge in [-0.25, -0.2) is 9.97 Å². The quantitative estimate of drug-likeness (QED) is 0.233. The van der Waals surface area contributed by atoms with Gasteiger partial charge in [0.05, 0.1) is 27.6 Å². The van der Waals surface area contributed by atoms with Crippen LogP contribution in [0.15, 0.2) is 134 Å². The van der Waals surface area contributed by atoms with Gasteiger partial charge in [0.15, 0.2) is 0 Å². The predicted octanol–water partition coefficient (Wildman–Crippen LogP) is 8.98. The van der Waals surface area contributed by atoms with Crippen LogP contribution < -0.4 is 0 Å². The third kappa shape index (κ3) is 2.79. The van der Waals surface area contributed by atoms with Crippen molar-refractivity contribution in [2.24, 2.45) is 0 Å². The monoisotopic (exact) mass is 510 g/mol. The van der Waals surface area contributed by atoms with Gasteiger partial charge < -0.3 is 4.57 Å². The van der Waals surface area contributed by atoms with Crippen LogP contribution >= 0.6 is 0 Å². The molecule has 3 aromatic heterocycles. The fourth-order valence-corrected chi connectivity index (χ4v) is 6.51. The SMILES string of the molecule is c1ccc(-n2c3ccccc3c3c4ccccc4c4c(c5ccccc5n4-c4ncc5ccccc5n4)c32)cc1. The Morgan fingerprint density at radius 2 is 1.05 bits per heavy atom. The molecule has 6 aromatic carbocycles. The summed E-state index contributed by atoms with van der Waals surface area (Å²) in [6, 6.07) is 45.0. The maximum atomic E-state index is 5.07. The van der Waals surface area contributed by atoms with E-state index in [0.29, 0.717) is 5.95 Å². The Morgan fingerprint density at radius 1 is 0.450 bits per heavy atom. The first-order valence-corrected chi connectivity index (χ1v) is 13.5. The summed E-state index contributed by atoms with van der Waals surface area (Å²) in [6.45, 7) is 0. The molecule has 0 aliphatic heterocycles. The molecule has 0 amide bonds. The number of benzene rings is 6. The first-order valence-electron chi connectivity index (χ1n) is 13.5. The number of fused-ring (bicyclic) bond motifs is 11. The minimum Gasteiger partial charge on any atom is -0.309 e. The summed E-state index contributed by atoms with van der Waals surface area (Å²) in [6.07, 6.45) is 1.93. The number of aromatic nitrogens is 4. The Morgan fingerprint density at radius 3 is 1.85 bits per heavy atom. The van der Waals surface area contributed by atoms with Crippen LogP contribution in [0.5, 0.6) is 0 Å². The van der Waals surface area contributed by atoms with Crippen LogP contribution in [0, 0.1) is 0 Å². The summed E-state index contributed by atoms with van der Waals surface area (Å²) in [5.74, 6) is 0.678. The molecule has 9 rings (SSSR count). The van der Waals surface area contributed by atoms with E-state index < -0.39 is 0 Å². The number of hydrogen-bond donors (Lipinski definition) is 0. The molecule has 40 heavy (non-hydrogen) atoms. The first kappa shape index (κ1) is 21.5. The first-order chi connectivity index (χ1) is 19.9. The zero-order valence-corrected chi connectivity index (χ0v) is 21.5. The van der Waals surface area contributed by atoms with Crippen molar-refractivity contribution >= 4 is 65.3 Å². The molecule has 0 unspecified atom stereocenters. The van der Waals surface area contributed by atoms with E-state index in [4.69, 9.17) is 9.97 Å². The summed E-state index contributed by atoms with van der Waals surface area (Å²) in [7, 11) is 0. The van der Waals surface area contributed by atoms with Gasteiger partial charge in [0.1, 0.15) is 0 Å². The summed E-state index contributed by atoms with van der Waals surface area (Å²) in [5, 5.41) is 8.35. The predicted molar refractivity (Wildman–Crippen MR) is 166 cm³/mol. The summed E-state index contributed by atoms with van der Waals surface area (Å²) < 4.78 is 4.68. The molecule has 0 saturated heterocycles. The number of rotatable bonds is 2. The third-order valence-corrected chi connectivity index (χ3v) is 8.13. The molecule has 0 saturated carbocycles. The highest BCUT2D eigenvalue weighted by Crippen LogP contribution is 2.46. The van der Waals surface area contributed by atoms with Gasteiger partial charge in [-0.3, -0.25) is 4.57 Å². The molecule has 0 fully saturated rings. The lowest BCUT2D eigenvalue weighted by molar-refractivity contribution is 1.01. The van der Waals surface area contributed by atoms with Crippen molar-refractivity contribution in [2.75, 3.05) is 0 Å². The van der Waals surface area contributed by atoms with E-state index in [2.05, 4.69) is 124 Å². The van der Waals surface area contributed by atoms with Gasteiger partial charge in [0, 0.05) is 44.2 Å². The number of nitrogens with zero attached hydrogens (tertiary/aromatic N) is 4. The van der Waals surface area contributed by atoms with Crippen molar-refractivity contribution in [3.05, 3.63) is 134 Å². The van der Waals surface area contributed by atoms with Gasteiger partial charge in [-0.1, -0.05) is 97.1 Å². The summed E-state index contributed by atoms with van der Waals surface area (Å²) in [5.41, 5.74) is 6.69. The van der Waals surface area contributed by atoms with Crippen molar-refractivity contribution in [2.45, 2.75) is 0 Å². The lowest BCUT2D eigenvalue weighted by Crippen LogP contribution is -2.01. The minimum atomic E-state index is 0.678. The molecule has 0 aliphatic rings. The average Bonchev–Trinajstić information content (AvgIpc) is 3.55. The molecule has 9 aromatic rings. The molecule has 0 spiro atoms. The van der Waals surface area contributed by atoms with Gasteiger partial charge >= 0.3 is 0 Å². The van der Waals surface area contributed by atoms with Crippen molar-refractivity contribution in [1.82, 2.24) is 19.1 Å². The Balaban J connectivity index is 1.60. The largest absolute Gasteiger partial charge is 0.309 e. The number of para-hydroxylation sites is 4. The van der Waals surface area contributed by atoms with Crippen LogP contribution in [-0.4, -0.2) is 19.1 Å². The Labute approximate surface area is 229 Å². The lowest BCUT2D eigenvalue weighted by Gasteiger charge is -2.12. The van der Waals surface area contributed by atoms with E-state index in [1.807, 2.05) is 18.3 Å². The van der Waals surface area contributed by atoms with Crippen LogP contribution in [0.1, 0.15) is 0 Å². The maximum absolute atomic E-state index is 5.07. The molecule has 0 bridgehead atoms. The van der Waals surface area contributed by atoms with Crippen LogP contribution in [0.4, 0.5) is 0 Å². The minimum absolute atomic E-state index is 0.678. The molecule has 4 nitrogen and oxygen atoms in total. The molecule has 0 atom stereocenters. The molecular formula is C36H22N4. The fraction of sp³-hybridized carbons (Fsp3) is 0. The van der Waals surface area contributed by atoms with Gasteiger partial charge in [0.25, 0.3) is 0 Å². The Bertz CT molecular complexity index is 2430. The summed E-state index contributed by atoms with van der Waals surface area (Å²) in [4.78, 5) is 9.98. The van der Waals surface area contributed by atoms with Crippen molar-refractivity contribution in [3.8, 4) is 11.6 Å². The zero-order valence-electron chi connectivity index (χ0n) is 21.5. The van der Waals surface area contributed by atoms with Crippen LogP contribution in [-0.2, 0) is 0 Å². The van der Waals surface area contributed by atoms with Crippen molar-refractivity contribution < 1.29 is 0 Å². The molecule has 0 N–H and O–H groups in total. The average molecular weight is 511 g/mol. The second kappa shape index (κ2) is 8.01. The second-order valence-corrected chi connectivity index (χ2v) is 10.3. The molecule has 0 aliphatic carbocycles. The highest BCUT2D eigenvalue weighted by atomic mass is 15.2. The van der Waals surface area contributed by atoms with Crippen LogP contribution in [0.2, 0.25) is 0 Å². The van der Waals surface area contributed by atoms with Crippen LogP contribution in [0.25, 0.3) is 76.9 Å². The molecular weight excluding hydrogens is 488 g/mol. The zero-order chi connectivity index (χ0) is 26.2. The van der Waals surface area contributed by atoms with E-state index in [0.717, 1.165) is 27.6 Å². The van der Waals surface area contributed by atoms with Gasteiger partial charge in [0.2, 0.25) is 5.95 Å². The lowest BCUT2D eigenvalue weighted by atomic mass is 9.99. The normalized spacial score (nSPS) is 12.0. The van der Waals surface area contributed by atoms with E-state index in [1.54, 1.807) is 0 Å². The van der Waals surface area contributed by atoms with E-state index in [1.165, 1.54) is 43.4 Å². The van der Waals surface area contributed by atoms with Gasteiger partial charge in [-0.05, 0) is 35.7 Å². The van der Waals surface area contributed by atoms with Crippen LogP contribution in [0.3, 0.4) is 0 Å². The summed E-state index contributed by atoms with van der Waals surface area (Å²) >= 11 is 0. The fourth-order valence-electron chi connectivity index (χ4n) is 6.51. The van der Waals surface area contributed by atoms with Crippen molar-refractivity contribution in [3.63, 3.8) is 0 Å². The molecule has 4 heteroatoms.